The third kappa shape index (κ3) is 1.20. The standard InChI is InChI=1S/C9H19N/c1-4-9(3,10)8-6-5-7(8)2/h7-8H,4-6,10H2,1-3H3/t7-,8?,9+/m1/s1. The van der Waals surface area contributed by atoms with E-state index in [1.165, 1.54) is 12.8 Å². The monoisotopic (exact) mass is 141 g/mol. The Balaban J connectivity index is 2.47. The largest absolute Gasteiger partial charge is 0.325 e. The predicted octanol–water partition coefficient (Wildman–Crippen LogP) is 2.16. The Hall–Kier alpha value is -0.0400. The molecular formula is C9H19N. The molecule has 1 aliphatic rings. The van der Waals surface area contributed by atoms with E-state index in [1.54, 1.807) is 0 Å². The minimum Gasteiger partial charge on any atom is -0.325 e. The van der Waals surface area contributed by atoms with E-state index < -0.39 is 0 Å². The second kappa shape index (κ2) is 2.54. The van der Waals surface area contributed by atoms with Gasteiger partial charge in [0.25, 0.3) is 0 Å². The summed E-state index contributed by atoms with van der Waals surface area (Å²) in [7, 11) is 0. The zero-order chi connectivity index (χ0) is 7.78. The van der Waals surface area contributed by atoms with Crippen molar-refractivity contribution >= 4 is 0 Å². The maximum absolute atomic E-state index is 6.11. The first-order valence-electron chi connectivity index (χ1n) is 4.37. The second-order valence-corrected chi connectivity index (χ2v) is 4.02. The summed E-state index contributed by atoms with van der Waals surface area (Å²) in [6, 6.07) is 0. The van der Waals surface area contributed by atoms with Crippen LogP contribution in [-0.2, 0) is 0 Å². The third-order valence-corrected chi connectivity index (χ3v) is 3.23. The van der Waals surface area contributed by atoms with Crippen LogP contribution in [0.2, 0.25) is 0 Å². The van der Waals surface area contributed by atoms with Gasteiger partial charge >= 0.3 is 0 Å². The Kier molecular flexibility index (Phi) is 2.04. The molecule has 0 bridgehead atoms. The molecule has 1 heteroatoms. The summed E-state index contributed by atoms with van der Waals surface area (Å²) in [5.41, 5.74) is 6.22. The topological polar surface area (TPSA) is 26.0 Å². The summed E-state index contributed by atoms with van der Waals surface area (Å²) >= 11 is 0. The van der Waals surface area contributed by atoms with E-state index in [9.17, 15) is 0 Å². The fourth-order valence-corrected chi connectivity index (χ4v) is 1.91. The van der Waals surface area contributed by atoms with Crippen molar-refractivity contribution in [2.75, 3.05) is 0 Å². The highest BCUT2D eigenvalue weighted by atomic mass is 14.8. The van der Waals surface area contributed by atoms with Gasteiger partial charge in [-0.25, -0.2) is 0 Å². The fourth-order valence-electron chi connectivity index (χ4n) is 1.91. The summed E-state index contributed by atoms with van der Waals surface area (Å²) in [5.74, 6) is 1.66. The van der Waals surface area contributed by atoms with Gasteiger partial charge in [0.1, 0.15) is 0 Å². The zero-order valence-electron chi connectivity index (χ0n) is 7.35. The third-order valence-electron chi connectivity index (χ3n) is 3.23. The molecule has 2 N–H and O–H groups in total. The lowest BCUT2D eigenvalue weighted by Crippen LogP contribution is -2.50. The highest BCUT2D eigenvalue weighted by Gasteiger charge is 2.38. The van der Waals surface area contributed by atoms with Crippen LogP contribution in [0.15, 0.2) is 0 Å². The van der Waals surface area contributed by atoms with Gasteiger partial charge in [0, 0.05) is 5.54 Å². The highest BCUT2D eigenvalue weighted by molar-refractivity contribution is 4.94. The molecule has 1 aliphatic carbocycles. The molecular weight excluding hydrogens is 122 g/mol. The Morgan fingerprint density at radius 3 is 2.20 bits per heavy atom. The molecule has 1 saturated carbocycles. The van der Waals surface area contributed by atoms with Crippen molar-refractivity contribution < 1.29 is 0 Å². The van der Waals surface area contributed by atoms with Crippen LogP contribution in [0.5, 0.6) is 0 Å². The van der Waals surface area contributed by atoms with Gasteiger partial charge in [0.15, 0.2) is 0 Å². The van der Waals surface area contributed by atoms with Crippen LogP contribution in [0.3, 0.4) is 0 Å². The van der Waals surface area contributed by atoms with Crippen molar-refractivity contribution in [1.82, 2.24) is 0 Å². The van der Waals surface area contributed by atoms with Crippen molar-refractivity contribution in [1.29, 1.82) is 0 Å². The Bertz CT molecular complexity index is 118. The van der Waals surface area contributed by atoms with Crippen molar-refractivity contribution in [3.63, 3.8) is 0 Å². The molecule has 0 amide bonds. The molecule has 0 aromatic heterocycles. The lowest BCUT2D eigenvalue weighted by molar-refractivity contribution is 0.1000. The molecule has 1 nitrogen and oxygen atoms in total. The van der Waals surface area contributed by atoms with Crippen LogP contribution in [-0.4, -0.2) is 5.54 Å². The van der Waals surface area contributed by atoms with E-state index in [0.29, 0.717) is 0 Å². The molecule has 0 aliphatic heterocycles. The van der Waals surface area contributed by atoms with E-state index in [1.807, 2.05) is 0 Å². The number of rotatable bonds is 2. The normalized spacial score (nSPS) is 38.4. The maximum Gasteiger partial charge on any atom is 0.0154 e. The van der Waals surface area contributed by atoms with Crippen molar-refractivity contribution in [2.24, 2.45) is 17.6 Å². The van der Waals surface area contributed by atoms with Gasteiger partial charge < -0.3 is 5.73 Å². The molecule has 0 aromatic rings. The van der Waals surface area contributed by atoms with Crippen molar-refractivity contribution in [2.45, 2.75) is 45.6 Å². The molecule has 10 heavy (non-hydrogen) atoms. The minimum atomic E-state index is 0.109. The Morgan fingerprint density at radius 1 is 1.50 bits per heavy atom. The maximum atomic E-state index is 6.11. The molecule has 0 aromatic carbocycles. The first kappa shape index (κ1) is 8.06. The molecule has 3 atom stereocenters. The lowest BCUT2D eigenvalue weighted by atomic mass is 9.64. The number of nitrogens with two attached hydrogens (primary N) is 1. The van der Waals surface area contributed by atoms with Crippen LogP contribution < -0.4 is 5.73 Å². The van der Waals surface area contributed by atoms with Gasteiger partial charge in [-0.3, -0.25) is 0 Å². The summed E-state index contributed by atoms with van der Waals surface area (Å²) in [6.07, 6.45) is 3.85. The Morgan fingerprint density at radius 2 is 2.10 bits per heavy atom. The smallest absolute Gasteiger partial charge is 0.0154 e. The van der Waals surface area contributed by atoms with Crippen LogP contribution in [0.4, 0.5) is 0 Å². The molecule has 0 heterocycles. The number of hydrogen-bond donors (Lipinski definition) is 1. The quantitative estimate of drug-likeness (QED) is 0.626. The zero-order valence-corrected chi connectivity index (χ0v) is 7.35. The first-order chi connectivity index (χ1) is 4.58. The molecule has 1 unspecified atom stereocenters. The van der Waals surface area contributed by atoms with E-state index in [4.69, 9.17) is 5.73 Å². The van der Waals surface area contributed by atoms with Crippen LogP contribution >= 0.6 is 0 Å². The summed E-state index contributed by atoms with van der Waals surface area (Å²) in [6.45, 7) is 6.69. The molecule has 0 radical (unpaired) electrons. The SMILES string of the molecule is CC[C@](C)(N)C1CC[C@H]1C. The Labute approximate surface area is 64.0 Å². The minimum absolute atomic E-state index is 0.109. The summed E-state index contributed by atoms with van der Waals surface area (Å²) in [5, 5.41) is 0. The molecule has 60 valence electrons. The van der Waals surface area contributed by atoms with Gasteiger partial charge in [-0.1, -0.05) is 20.3 Å². The fraction of sp³-hybridized carbons (Fsp3) is 1.00. The average molecular weight is 141 g/mol. The lowest BCUT2D eigenvalue weighted by Gasteiger charge is -2.45. The molecule has 1 rings (SSSR count). The highest BCUT2D eigenvalue weighted by Crippen LogP contribution is 2.41. The van der Waals surface area contributed by atoms with Gasteiger partial charge in [0.05, 0.1) is 0 Å². The van der Waals surface area contributed by atoms with E-state index in [-0.39, 0.29) is 5.54 Å². The van der Waals surface area contributed by atoms with Crippen LogP contribution in [0.25, 0.3) is 0 Å². The van der Waals surface area contributed by atoms with Crippen molar-refractivity contribution in [3.05, 3.63) is 0 Å². The first-order valence-corrected chi connectivity index (χ1v) is 4.37. The molecule has 0 spiro atoms. The summed E-state index contributed by atoms with van der Waals surface area (Å²) in [4.78, 5) is 0. The molecule has 0 saturated heterocycles. The van der Waals surface area contributed by atoms with Gasteiger partial charge in [-0.2, -0.15) is 0 Å². The number of hydrogen-bond acceptors (Lipinski definition) is 1. The van der Waals surface area contributed by atoms with Gasteiger partial charge in [-0.15, -0.1) is 0 Å². The predicted molar refractivity (Wildman–Crippen MR) is 44.8 cm³/mol. The van der Waals surface area contributed by atoms with Gasteiger partial charge in [0.2, 0.25) is 0 Å². The van der Waals surface area contributed by atoms with E-state index in [2.05, 4.69) is 20.8 Å². The van der Waals surface area contributed by atoms with Crippen LogP contribution in [0, 0.1) is 11.8 Å². The summed E-state index contributed by atoms with van der Waals surface area (Å²) < 4.78 is 0. The average Bonchev–Trinajstić information content (AvgIpc) is 1.84. The van der Waals surface area contributed by atoms with Crippen LogP contribution in [0.1, 0.15) is 40.0 Å². The van der Waals surface area contributed by atoms with Crippen molar-refractivity contribution in [3.8, 4) is 0 Å². The second-order valence-electron chi connectivity index (χ2n) is 4.02. The van der Waals surface area contributed by atoms with E-state index in [0.717, 1.165) is 18.3 Å². The molecule has 1 fully saturated rings. The van der Waals surface area contributed by atoms with Gasteiger partial charge in [-0.05, 0) is 31.6 Å². The van der Waals surface area contributed by atoms with E-state index >= 15 is 0 Å².